The lowest BCUT2D eigenvalue weighted by Gasteiger charge is -2.33. The lowest BCUT2D eigenvalue weighted by Crippen LogP contribution is -2.48. The summed E-state index contributed by atoms with van der Waals surface area (Å²) in [5.74, 6) is 0. The summed E-state index contributed by atoms with van der Waals surface area (Å²) in [4.78, 5) is 19.9. The average molecular weight is 474 g/mol. The van der Waals surface area contributed by atoms with Crippen LogP contribution in [0.2, 0.25) is 0 Å². The second kappa shape index (κ2) is 8.24. The number of rotatable bonds is 5. The molecule has 1 fully saturated rings. The summed E-state index contributed by atoms with van der Waals surface area (Å²) in [5.41, 5.74) is 1.40. The van der Waals surface area contributed by atoms with Crippen LogP contribution in [-0.2, 0) is 16.6 Å². The number of aromatic nitrogens is 3. The standard InChI is InChI=1S/C20H19N5O3S3/c26-17-13-16(21-20-25(17)22-19(30-20)15-5-2-1-3-6-15)14-23-8-10-24(11-9-23)31(27,28)18-7-4-12-29-18/h1-7,12-13H,8-11,14H2. The number of sulfonamides is 1. The van der Waals surface area contributed by atoms with Gasteiger partial charge in [-0.3, -0.25) is 9.69 Å². The van der Waals surface area contributed by atoms with E-state index in [-0.39, 0.29) is 5.56 Å². The van der Waals surface area contributed by atoms with Gasteiger partial charge in [-0.2, -0.15) is 13.9 Å². The predicted octanol–water partition coefficient (Wildman–Crippen LogP) is 2.39. The first kappa shape index (κ1) is 20.5. The Morgan fingerprint density at radius 3 is 2.48 bits per heavy atom. The second-order valence-electron chi connectivity index (χ2n) is 7.17. The van der Waals surface area contributed by atoms with Crippen molar-refractivity contribution in [1.82, 2.24) is 23.8 Å². The Hall–Kier alpha value is -2.44. The van der Waals surface area contributed by atoms with E-state index in [1.807, 2.05) is 30.3 Å². The number of benzene rings is 1. The van der Waals surface area contributed by atoms with Crippen molar-refractivity contribution in [3.63, 3.8) is 0 Å². The van der Waals surface area contributed by atoms with Gasteiger partial charge >= 0.3 is 0 Å². The molecule has 0 aliphatic carbocycles. The highest BCUT2D eigenvalue weighted by Gasteiger charge is 2.29. The molecular weight excluding hydrogens is 454 g/mol. The van der Waals surface area contributed by atoms with Crippen molar-refractivity contribution >= 4 is 37.7 Å². The second-order valence-corrected chi connectivity index (χ2v) is 11.2. The average Bonchev–Trinajstić information content (AvgIpc) is 3.46. The minimum atomic E-state index is -3.42. The maximum Gasteiger partial charge on any atom is 0.275 e. The first-order valence-electron chi connectivity index (χ1n) is 9.72. The zero-order valence-electron chi connectivity index (χ0n) is 16.4. The van der Waals surface area contributed by atoms with E-state index in [0.717, 1.165) is 10.6 Å². The van der Waals surface area contributed by atoms with E-state index in [1.165, 1.54) is 37.6 Å². The van der Waals surface area contributed by atoms with Crippen molar-refractivity contribution in [3.05, 3.63) is 70.0 Å². The van der Waals surface area contributed by atoms with Crippen molar-refractivity contribution in [1.29, 1.82) is 0 Å². The van der Waals surface area contributed by atoms with E-state index in [4.69, 9.17) is 0 Å². The quantitative estimate of drug-likeness (QED) is 0.442. The molecule has 31 heavy (non-hydrogen) atoms. The summed E-state index contributed by atoms with van der Waals surface area (Å²) in [6.07, 6.45) is 0. The van der Waals surface area contributed by atoms with E-state index in [9.17, 15) is 13.2 Å². The summed E-state index contributed by atoms with van der Waals surface area (Å²) in [6.45, 7) is 2.50. The molecular formula is C20H19N5O3S3. The first-order valence-corrected chi connectivity index (χ1v) is 12.9. The van der Waals surface area contributed by atoms with E-state index in [1.54, 1.807) is 17.5 Å². The lowest BCUT2D eigenvalue weighted by atomic mass is 10.2. The maximum atomic E-state index is 12.7. The smallest absolute Gasteiger partial charge is 0.275 e. The molecule has 1 aliphatic rings. The van der Waals surface area contributed by atoms with Gasteiger partial charge in [0.15, 0.2) is 0 Å². The molecule has 160 valence electrons. The molecule has 5 rings (SSSR count). The Bertz CT molecular complexity index is 1360. The molecule has 1 aromatic carbocycles. The minimum Gasteiger partial charge on any atom is -0.295 e. The Morgan fingerprint density at radius 2 is 1.77 bits per heavy atom. The van der Waals surface area contributed by atoms with E-state index >= 15 is 0 Å². The van der Waals surface area contributed by atoms with Crippen LogP contribution in [-0.4, -0.2) is 58.4 Å². The Kier molecular flexibility index (Phi) is 5.44. The van der Waals surface area contributed by atoms with Crippen LogP contribution in [0.4, 0.5) is 0 Å². The molecule has 0 bridgehead atoms. The number of fused-ring (bicyclic) bond motifs is 1. The third-order valence-corrected chi connectivity index (χ3v) is 9.35. The van der Waals surface area contributed by atoms with Gasteiger partial charge in [-0.15, -0.1) is 11.3 Å². The van der Waals surface area contributed by atoms with Gasteiger partial charge < -0.3 is 0 Å². The third kappa shape index (κ3) is 4.06. The molecule has 11 heteroatoms. The number of thiophene rings is 1. The van der Waals surface area contributed by atoms with Gasteiger partial charge in [0.1, 0.15) is 9.22 Å². The molecule has 0 unspecified atom stereocenters. The molecule has 0 saturated carbocycles. The number of nitrogens with zero attached hydrogens (tertiary/aromatic N) is 5. The lowest BCUT2D eigenvalue weighted by molar-refractivity contribution is 0.180. The van der Waals surface area contributed by atoms with Crippen molar-refractivity contribution in [2.45, 2.75) is 10.8 Å². The highest BCUT2D eigenvalue weighted by atomic mass is 32.2. The molecule has 1 saturated heterocycles. The van der Waals surface area contributed by atoms with E-state index in [2.05, 4.69) is 15.0 Å². The van der Waals surface area contributed by atoms with Gasteiger partial charge in [0.25, 0.3) is 15.6 Å². The fraction of sp³-hybridized carbons (Fsp3) is 0.250. The van der Waals surface area contributed by atoms with E-state index < -0.39 is 10.0 Å². The first-order chi connectivity index (χ1) is 15.0. The van der Waals surface area contributed by atoms with Gasteiger partial charge in [-0.1, -0.05) is 47.7 Å². The van der Waals surface area contributed by atoms with Crippen molar-refractivity contribution < 1.29 is 8.42 Å². The van der Waals surface area contributed by atoms with Gasteiger partial charge in [-0.05, 0) is 11.4 Å². The predicted molar refractivity (Wildman–Crippen MR) is 121 cm³/mol. The van der Waals surface area contributed by atoms with Crippen LogP contribution in [0.5, 0.6) is 0 Å². The van der Waals surface area contributed by atoms with Gasteiger partial charge in [0.2, 0.25) is 4.96 Å². The highest BCUT2D eigenvalue weighted by Crippen LogP contribution is 2.25. The van der Waals surface area contributed by atoms with Crippen LogP contribution in [0, 0.1) is 0 Å². The molecule has 0 N–H and O–H groups in total. The highest BCUT2D eigenvalue weighted by molar-refractivity contribution is 7.91. The summed E-state index contributed by atoms with van der Waals surface area (Å²) in [6, 6.07) is 14.6. The van der Waals surface area contributed by atoms with Crippen molar-refractivity contribution in [2.75, 3.05) is 26.2 Å². The monoisotopic (exact) mass is 473 g/mol. The summed E-state index contributed by atoms with van der Waals surface area (Å²) >= 11 is 2.61. The molecule has 4 heterocycles. The van der Waals surface area contributed by atoms with Crippen LogP contribution in [0.15, 0.2) is 62.9 Å². The Balaban J connectivity index is 1.31. The molecule has 4 aromatic rings. The summed E-state index contributed by atoms with van der Waals surface area (Å²) < 4.78 is 28.6. The minimum absolute atomic E-state index is 0.211. The van der Waals surface area contributed by atoms with Crippen LogP contribution < -0.4 is 5.56 Å². The molecule has 0 radical (unpaired) electrons. The van der Waals surface area contributed by atoms with E-state index in [0.29, 0.717) is 47.6 Å². The normalized spacial score (nSPS) is 16.1. The molecule has 3 aromatic heterocycles. The van der Waals surface area contributed by atoms with Gasteiger partial charge in [0.05, 0.1) is 5.69 Å². The maximum absolute atomic E-state index is 12.7. The number of piperazine rings is 1. The van der Waals surface area contributed by atoms with Crippen LogP contribution in [0.25, 0.3) is 15.5 Å². The van der Waals surface area contributed by atoms with Crippen molar-refractivity contribution in [2.24, 2.45) is 0 Å². The SMILES string of the molecule is O=c1cc(CN2CCN(S(=O)(=O)c3cccs3)CC2)nc2sc(-c3ccccc3)nn12. The van der Waals surface area contributed by atoms with Crippen LogP contribution in [0.1, 0.15) is 5.69 Å². The fourth-order valence-electron chi connectivity index (χ4n) is 3.53. The molecule has 8 nitrogen and oxygen atoms in total. The summed E-state index contributed by atoms with van der Waals surface area (Å²) in [7, 11) is -3.42. The third-order valence-electron chi connectivity index (χ3n) is 5.12. The molecule has 1 aliphatic heterocycles. The van der Waals surface area contributed by atoms with Crippen LogP contribution in [0.3, 0.4) is 0 Å². The largest absolute Gasteiger partial charge is 0.295 e. The van der Waals surface area contributed by atoms with Crippen LogP contribution >= 0.6 is 22.7 Å². The fourth-order valence-corrected chi connectivity index (χ4v) is 7.03. The molecule has 0 atom stereocenters. The zero-order valence-corrected chi connectivity index (χ0v) is 18.9. The Morgan fingerprint density at radius 1 is 1.00 bits per heavy atom. The molecule has 0 spiro atoms. The summed E-state index contributed by atoms with van der Waals surface area (Å²) in [5, 5.41) is 6.92. The number of hydrogen-bond donors (Lipinski definition) is 0. The molecule has 0 amide bonds. The number of hydrogen-bond acceptors (Lipinski definition) is 8. The van der Waals surface area contributed by atoms with Gasteiger partial charge in [0, 0.05) is 44.4 Å². The van der Waals surface area contributed by atoms with Gasteiger partial charge in [-0.25, -0.2) is 13.4 Å². The Labute approximate surface area is 187 Å². The zero-order chi connectivity index (χ0) is 21.4. The van der Waals surface area contributed by atoms with Crippen molar-refractivity contribution in [3.8, 4) is 10.6 Å². The topological polar surface area (TPSA) is 87.9 Å².